The number of nitrogen functional groups attached to an aromatic ring is 1. The van der Waals surface area contributed by atoms with Crippen LogP contribution in [-0.2, 0) is 6.42 Å². The van der Waals surface area contributed by atoms with Gasteiger partial charge >= 0.3 is 0 Å². The Kier molecular flexibility index (Phi) is 3.14. The molecule has 0 unspecified atom stereocenters. The van der Waals surface area contributed by atoms with Gasteiger partial charge in [0.15, 0.2) is 5.65 Å². The van der Waals surface area contributed by atoms with Gasteiger partial charge in [0.2, 0.25) is 0 Å². The van der Waals surface area contributed by atoms with E-state index in [0.717, 1.165) is 36.2 Å². The minimum atomic E-state index is 0.397. The molecule has 0 aliphatic heterocycles. The monoisotopic (exact) mass is 259 g/mol. The van der Waals surface area contributed by atoms with Crippen LogP contribution >= 0.6 is 0 Å². The van der Waals surface area contributed by atoms with E-state index in [1.165, 1.54) is 12.8 Å². The van der Waals surface area contributed by atoms with Crippen molar-refractivity contribution in [3.05, 3.63) is 23.5 Å². The Bertz CT molecular complexity index is 581. The maximum absolute atomic E-state index is 6.04. The zero-order valence-electron chi connectivity index (χ0n) is 11.3. The molecule has 2 aromatic heterocycles. The van der Waals surface area contributed by atoms with Crippen LogP contribution in [0.1, 0.15) is 36.9 Å². The molecule has 2 heterocycles. The Morgan fingerprint density at radius 1 is 1.32 bits per heavy atom. The molecule has 1 saturated carbocycles. The average molecular weight is 259 g/mol. The Morgan fingerprint density at radius 3 is 2.79 bits per heavy atom. The lowest BCUT2D eigenvalue weighted by molar-refractivity contribution is 0.323. The van der Waals surface area contributed by atoms with E-state index < -0.39 is 0 Å². The van der Waals surface area contributed by atoms with Gasteiger partial charge in [-0.05, 0) is 44.9 Å². The molecule has 0 radical (unpaired) electrons. The third-order valence-corrected chi connectivity index (χ3v) is 4.12. The van der Waals surface area contributed by atoms with Gasteiger partial charge in [-0.2, -0.15) is 9.61 Å². The highest BCUT2D eigenvalue weighted by molar-refractivity contribution is 5.52. The summed E-state index contributed by atoms with van der Waals surface area (Å²) in [4.78, 5) is 4.70. The summed E-state index contributed by atoms with van der Waals surface area (Å²) in [6.07, 6.45) is 7.47. The number of hydrogen-bond donors (Lipinski definition) is 2. The molecule has 1 aliphatic carbocycles. The van der Waals surface area contributed by atoms with E-state index in [1.807, 2.05) is 19.2 Å². The van der Waals surface area contributed by atoms with Crippen molar-refractivity contribution in [3.8, 4) is 0 Å². The molecule has 0 saturated heterocycles. The molecular formula is C14H21N5. The van der Waals surface area contributed by atoms with Gasteiger partial charge in [0.1, 0.15) is 5.82 Å². The third kappa shape index (κ3) is 2.42. The molecule has 102 valence electrons. The normalized spacial score (nSPS) is 23.9. The van der Waals surface area contributed by atoms with Gasteiger partial charge in [-0.3, -0.25) is 0 Å². The van der Waals surface area contributed by atoms with E-state index in [4.69, 9.17) is 16.5 Å². The van der Waals surface area contributed by atoms with E-state index in [2.05, 4.69) is 5.10 Å². The zero-order chi connectivity index (χ0) is 13.4. The van der Waals surface area contributed by atoms with Crippen molar-refractivity contribution < 1.29 is 0 Å². The molecule has 1 fully saturated rings. The number of aromatic nitrogens is 3. The van der Waals surface area contributed by atoms with Gasteiger partial charge in [-0.1, -0.05) is 0 Å². The second kappa shape index (κ2) is 4.81. The van der Waals surface area contributed by atoms with Gasteiger partial charge in [-0.15, -0.1) is 0 Å². The molecule has 0 atom stereocenters. The van der Waals surface area contributed by atoms with Crippen LogP contribution < -0.4 is 11.5 Å². The van der Waals surface area contributed by atoms with Crippen molar-refractivity contribution in [2.24, 2.45) is 11.7 Å². The van der Waals surface area contributed by atoms with E-state index in [1.54, 1.807) is 4.52 Å². The van der Waals surface area contributed by atoms with Crippen molar-refractivity contribution in [1.82, 2.24) is 14.6 Å². The van der Waals surface area contributed by atoms with Crippen molar-refractivity contribution in [2.75, 3.05) is 5.73 Å². The van der Waals surface area contributed by atoms with Crippen LogP contribution in [0.15, 0.2) is 12.3 Å². The lowest BCUT2D eigenvalue weighted by atomic mass is 9.84. The minimum absolute atomic E-state index is 0.397. The molecule has 0 aromatic carbocycles. The molecule has 1 aliphatic rings. The van der Waals surface area contributed by atoms with Gasteiger partial charge in [-0.25, -0.2) is 4.98 Å². The van der Waals surface area contributed by atoms with Crippen molar-refractivity contribution in [1.29, 1.82) is 0 Å². The number of nitrogens with two attached hydrogens (primary N) is 2. The van der Waals surface area contributed by atoms with Gasteiger partial charge in [0.25, 0.3) is 0 Å². The van der Waals surface area contributed by atoms with E-state index in [9.17, 15) is 0 Å². The fourth-order valence-electron chi connectivity index (χ4n) is 2.94. The average Bonchev–Trinajstić information content (AvgIpc) is 2.75. The smallest absolute Gasteiger partial charge is 0.160 e. The zero-order valence-corrected chi connectivity index (χ0v) is 11.3. The fraction of sp³-hybridized carbons (Fsp3) is 0.571. The Balaban J connectivity index is 1.83. The number of nitrogens with zero attached hydrogens (tertiary/aromatic N) is 3. The molecule has 0 spiro atoms. The van der Waals surface area contributed by atoms with Crippen LogP contribution in [0.2, 0.25) is 0 Å². The fourth-order valence-corrected chi connectivity index (χ4v) is 2.94. The third-order valence-electron chi connectivity index (χ3n) is 4.12. The van der Waals surface area contributed by atoms with E-state index >= 15 is 0 Å². The number of aryl methyl sites for hydroxylation is 1. The van der Waals surface area contributed by atoms with Crippen molar-refractivity contribution in [3.63, 3.8) is 0 Å². The molecule has 5 heteroatoms. The lowest BCUT2D eigenvalue weighted by Crippen LogP contribution is -2.27. The van der Waals surface area contributed by atoms with E-state index in [0.29, 0.717) is 17.8 Å². The van der Waals surface area contributed by atoms with Gasteiger partial charge in [0.05, 0.1) is 6.20 Å². The predicted octanol–water partition coefficient (Wildman–Crippen LogP) is 1.68. The Morgan fingerprint density at radius 2 is 2.05 bits per heavy atom. The van der Waals surface area contributed by atoms with Crippen LogP contribution in [0.5, 0.6) is 0 Å². The maximum atomic E-state index is 6.04. The Labute approximate surface area is 113 Å². The van der Waals surface area contributed by atoms with Crippen LogP contribution in [0.3, 0.4) is 0 Å². The summed E-state index contributed by atoms with van der Waals surface area (Å²) in [6.45, 7) is 2.01. The molecule has 5 nitrogen and oxygen atoms in total. The first-order chi connectivity index (χ1) is 9.13. The standard InChI is InChI=1S/C14H21N5/c1-9-8-17-19-13(16)7-12(18-14(9)19)6-10-2-4-11(15)5-3-10/h7-8,10-11H,2-6,15-16H2,1H3. The number of hydrogen-bond acceptors (Lipinski definition) is 4. The number of rotatable bonds is 2. The summed E-state index contributed by atoms with van der Waals surface area (Å²) < 4.78 is 1.70. The maximum Gasteiger partial charge on any atom is 0.160 e. The molecule has 3 rings (SSSR count). The van der Waals surface area contributed by atoms with Crippen molar-refractivity contribution >= 4 is 11.5 Å². The second-order valence-corrected chi connectivity index (χ2v) is 5.72. The second-order valence-electron chi connectivity index (χ2n) is 5.72. The molecule has 0 bridgehead atoms. The van der Waals surface area contributed by atoms with E-state index in [-0.39, 0.29) is 0 Å². The number of fused-ring (bicyclic) bond motifs is 1. The first-order valence-electron chi connectivity index (χ1n) is 6.99. The van der Waals surface area contributed by atoms with Gasteiger partial charge < -0.3 is 11.5 Å². The summed E-state index contributed by atoms with van der Waals surface area (Å²) in [5.74, 6) is 1.36. The predicted molar refractivity (Wildman–Crippen MR) is 75.8 cm³/mol. The molecule has 4 N–H and O–H groups in total. The number of anilines is 1. The quantitative estimate of drug-likeness (QED) is 0.859. The molecular weight excluding hydrogens is 238 g/mol. The SMILES string of the molecule is Cc1cnn2c(N)cc(CC3CCC(N)CC3)nc12. The Hall–Kier alpha value is -1.62. The highest BCUT2D eigenvalue weighted by Crippen LogP contribution is 2.26. The summed E-state index contributed by atoms with van der Waals surface area (Å²) >= 11 is 0. The summed E-state index contributed by atoms with van der Waals surface area (Å²) in [7, 11) is 0. The van der Waals surface area contributed by atoms with Crippen LogP contribution in [0.25, 0.3) is 5.65 Å². The van der Waals surface area contributed by atoms with Crippen LogP contribution in [-0.4, -0.2) is 20.6 Å². The minimum Gasteiger partial charge on any atom is -0.384 e. The molecule has 0 amide bonds. The summed E-state index contributed by atoms with van der Waals surface area (Å²) in [5.41, 5.74) is 15.0. The topological polar surface area (TPSA) is 82.2 Å². The largest absolute Gasteiger partial charge is 0.384 e. The first kappa shape index (κ1) is 12.4. The summed E-state index contributed by atoms with van der Waals surface area (Å²) in [6, 6.07) is 2.35. The van der Waals surface area contributed by atoms with Crippen LogP contribution in [0.4, 0.5) is 5.82 Å². The highest BCUT2D eigenvalue weighted by atomic mass is 15.3. The van der Waals surface area contributed by atoms with Crippen LogP contribution in [0, 0.1) is 12.8 Å². The van der Waals surface area contributed by atoms with Gasteiger partial charge in [0, 0.05) is 23.4 Å². The van der Waals surface area contributed by atoms with Crippen molar-refractivity contribution in [2.45, 2.75) is 45.1 Å². The highest BCUT2D eigenvalue weighted by Gasteiger charge is 2.20. The first-order valence-corrected chi connectivity index (χ1v) is 6.99. The molecule has 2 aromatic rings. The lowest BCUT2D eigenvalue weighted by Gasteiger charge is -2.25. The molecule has 19 heavy (non-hydrogen) atoms. The summed E-state index contributed by atoms with van der Waals surface area (Å²) in [5, 5.41) is 4.23.